The van der Waals surface area contributed by atoms with E-state index in [0.717, 1.165) is 0 Å². The van der Waals surface area contributed by atoms with Crippen LogP contribution in [-0.4, -0.2) is 28.8 Å². The lowest BCUT2D eigenvalue weighted by Gasteiger charge is -2.12. The second kappa shape index (κ2) is 6.24. The van der Waals surface area contributed by atoms with Crippen LogP contribution in [0.25, 0.3) is 0 Å². The van der Waals surface area contributed by atoms with Gasteiger partial charge in [0.15, 0.2) is 0 Å². The quantitative estimate of drug-likeness (QED) is 0.498. The normalized spacial score (nSPS) is 11.0. The number of rotatable bonds is 5. The number of hydrogen-bond acceptors (Lipinski definition) is 6. The van der Waals surface area contributed by atoms with E-state index >= 15 is 0 Å². The fraction of sp³-hybridized carbons (Fsp3) is 0.400. The number of carbonyl (C=O) groups is 1. The highest BCUT2D eigenvalue weighted by Crippen LogP contribution is 2.30. The van der Waals surface area contributed by atoms with Gasteiger partial charge < -0.3 is 19.6 Å². The summed E-state index contributed by atoms with van der Waals surface area (Å²) in [5, 5.41) is 10.8. The molecule has 0 aliphatic heterocycles. The second-order valence-electron chi connectivity index (χ2n) is 3.61. The fourth-order valence-corrected chi connectivity index (χ4v) is 1.45. The number of nitrogens with zero attached hydrogens (tertiary/aromatic N) is 1. The van der Waals surface area contributed by atoms with E-state index in [1.165, 1.54) is 6.92 Å². The lowest BCUT2D eigenvalue weighted by atomic mass is 10.1. The number of halogens is 3. The molecule has 1 rings (SSSR count). The third-order valence-corrected chi connectivity index (χ3v) is 2.12. The summed E-state index contributed by atoms with van der Waals surface area (Å²) < 4.78 is 44.8. The summed E-state index contributed by atoms with van der Waals surface area (Å²) in [5.41, 5.74) is -1.90. The number of ether oxygens (including phenoxy) is 2. The van der Waals surface area contributed by atoms with E-state index < -0.39 is 46.4 Å². The second-order valence-corrected chi connectivity index (χ2v) is 3.61. The van der Waals surface area contributed by atoms with Gasteiger partial charge in [0.2, 0.25) is 0 Å². The molecule has 0 spiro atoms. The van der Waals surface area contributed by atoms with Gasteiger partial charge in [-0.1, -0.05) is 0 Å². The number of aromatic amines is 1. The number of aromatic nitrogens is 1. The lowest BCUT2D eigenvalue weighted by molar-refractivity contribution is -0.390. The Balaban J connectivity index is 3.36. The van der Waals surface area contributed by atoms with Crippen LogP contribution in [-0.2, 0) is 16.0 Å². The van der Waals surface area contributed by atoms with E-state index in [0.29, 0.717) is 6.07 Å². The minimum atomic E-state index is -5.18. The monoisotopic (exact) mass is 310 g/mol. The van der Waals surface area contributed by atoms with Crippen molar-refractivity contribution in [3.05, 3.63) is 32.1 Å². The Morgan fingerprint density at radius 2 is 2.10 bits per heavy atom. The van der Waals surface area contributed by atoms with E-state index in [-0.39, 0.29) is 6.61 Å². The first-order valence-electron chi connectivity index (χ1n) is 5.46. The summed E-state index contributed by atoms with van der Waals surface area (Å²) in [6, 6.07) is 0.370. The number of hydrogen-bond donors (Lipinski definition) is 1. The molecule has 0 fully saturated rings. The molecule has 1 heterocycles. The molecule has 0 bridgehead atoms. The van der Waals surface area contributed by atoms with Gasteiger partial charge >= 0.3 is 23.7 Å². The molecule has 11 heteroatoms. The van der Waals surface area contributed by atoms with Crippen LogP contribution >= 0.6 is 0 Å². The Morgan fingerprint density at radius 3 is 2.57 bits per heavy atom. The minimum absolute atomic E-state index is 0.0640. The van der Waals surface area contributed by atoms with Crippen LogP contribution in [0.5, 0.6) is 5.75 Å². The number of esters is 1. The van der Waals surface area contributed by atoms with Crippen molar-refractivity contribution < 1.29 is 32.4 Å². The van der Waals surface area contributed by atoms with Crippen molar-refractivity contribution in [3.8, 4) is 5.75 Å². The largest absolute Gasteiger partial charge is 0.573 e. The van der Waals surface area contributed by atoms with Crippen LogP contribution in [0.3, 0.4) is 0 Å². The molecule has 0 aromatic carbocycles. The molecule has 1 aromatic heterocycles. The molecule has 8 nitrogen and oxygen atoms in total. The topological polar surface area (TPSA) is 112 Å². The van der Waals surface area contributed by atoms with Gasteiger partial charge in [0.1, 0.15) is 5.75 Å². The maximum atomic E-state index is 12.3. The van der Waals surface area contributed by atoms with Crippen LogP contribution < -0.4 is 10.3 Å². The number of nitro groups is 1. The van der Waals surface area contributed by atoms with Gasteiger partial charge in [-0.25, -0.2) is 9.78 Å². The molecular weight excluding hydrogens is 301 g/mol. The van der Waals surface area contributed by atoms with E-state index in [1.807, 2.05) is 0 Å². The zero-order valence-electron chi connectivity index (χ0n) is 10.5. The molecule has 0 atom stereocenters. The maximum Gasteiger partial charge on any atom is 0.573 e. The zero-order valence-corrected chi connectivity index (χ0v) is 10.5. The summed E-state index contributed by atoms with van der Waals surface area (Å²) in [6.07, 6.45) is -6.03. The summed E-state index contributed by atoms with van der Waals surface area (Å²) in [7, 11) is 0. The molecule has 0 unspecified atom stereocenters. The molecular formula is C10H9F3N2O6. The fourth-order valence-electron chi connectivity index (χ4n) is 1.45. The Labute approximate surface area is 114 Å². The van der Waals surface area contributed by atoms with Gasteiger partial charge in [-0.3, -0.25) is 4.79 Å². The van der Waals surface area contributed by atoms with Gasteiger partial charge in [0, 0.05) is 0 Å². The first-order chi connectivity index (χ1) is 9.64. The SMILES string of the molecule is CCOC(=O)Cc1c(OC(F)(F)F)cc(=O)[nH]c1[N+](=O)[O-]. The van der Waals surface area contributed by atoms with E-state index in [2.05, 4.69) is 9.47 Å². The van der Waals surface area contributed by atoms with Gasteiger partial charge in [-0.05, 0) is 11.8 Å². The van der Waals surface area contributed by atoms with Gasteiger partial charge in [-0.15, -0.1) is 13.2 Å². The van der Waals surface area contributed by atoms with Gasteiger partial charge in [0.25, 0.3) is 0 Å². The van der Waals surface area contributed by atoms with Crippen molar-refractivity contribution in [2.45, 2.75) is 19.7 Å². The Morgan fingerprint density at radius 1 is 1.48 bits per heavy atom. The smallest absolute Gasteiger partial charge is 0.466 e. The predicted octanol–water partition coefficient (Wildman–Crippen LogP) is 1.29. The van der Waals surface area contributed by atoms with Crippen LogP contribution in [0.4, 0.5) is 19.0 Å². The molecule has 21 heavy (non-hydrogen) atoms. The maximum absolute atomic E-state index is 12.3. The van der Waals surface area contributed by atoms with Gasteiger partial charge in [0.05, 0.1) is 24.7 Å². The van der Waals surface area contributed by atoms with E-state index in [1.54, 1.807) is 4.98 Å². The van der Waals surface area contributed by atoms with Crippen molar-refractivity contribution in [1.82, 2.24) is 4.98 Å². The Bertz CT molecular complexity index is 610. The standard InChI is InChI=1S/C10H9F3N2O6/c1-2-20-8(17)3-5-6(21-10(11,12)13)4-7(16)14-9(5)15(18)19/h4H,2-3H2,1H3,(H,14,16). The highest BCUT2D eigenvalue weighted by Gasteiger charge is 2.35. The highest BCUT2D eigenvalue weighted by molar-refractivity contribution is 5.75. The molecule has 0 aliphatic rings. The predicted molar refractivity (Wildman–Crippen MR) is 60.7 cm³/mol. The van der Waals surface area contributed by atoms with Crippen molar-refractivity contribution in [3.63, 3.8) is 0 Å². The molecule has 0 saturated carbocycles. The van der Waals surface area contributed by atoms with Crippen molar-refractivity contribution >= 4 is 11.8 Å². The van der Waals surface area contributed by atoms with Crippen LogP contribution in [0.15, 0.2) is 10.9 Å². The first-order valence-corrected chi connectivity index (χ1v) is 5.46. The van der Waals surface area contributed by atoms with Crippen molar-refractivity contribution in [2.75, 3.05) is 6.61 Å². The Hall–Kier alpha value is -2.59. The van der Waals surface area contributed by atoms with E-state index in [4.69, 9.17) is 0 Å². The average Bonchev–Trinajstić information content (AvgIpc) is 2.30. The highest BCUT2D eigenvalue weighted by atomic mass is 19.4. The van der Waals surface area contributed by atoms with Crippen LogP contribution in [0.1, 0.15) is 12.5 Å². The number of pyridine rings is 1. The van der Waals surface area contributed by atoms with E-state index in [9.17, 15) is 32.9 Å². The average molecular weight is 310 g/mol. The molecule has 0 radical (unpaired) electrons. The van der Waals surface area contributed by atoms with Crippen molar-refractivity contribution in [2.24, 2.45) is 0 Å². The number of carbonyl (C=O) groups excluding carboxylic acids is 1. The summed E-state index contributed by atoms with van der Waals surface area (Å²) in [4.78, 5) is 33.8. The molecule has 0 saturated heterocycles. The first kappa shape index (κ1) is 16.5. The molecule has 1 aromatic rings. The molecule has 0 amide bonds. The minimum Gasteiger partial charge on any atom is -0.466 e. The number of alkyl halides is 3. The third kappa shape index (κ3) is 4.78. The van der Waals surface area contributed by atoms with Crippen LogP contribution in [0.2, 0.25) is 0 Å². The molecule has 116 valence electrons. The summed E-state index contributed by atoms with van der Waals surface area (Å²) >= 11 is 0. The summed E-state index contributed by atoms with van der Waals surface area (Å²) in [5.74, 6) is -3.18. The third-order valence-electron chi connectivity index (χ3n) is 2.12. The number of H-pyrrole nitrogens is 1. The lowest BCUT2D eigenvalue weighted by Crippen LogP contribution is -2.22. The molecule has 1 N–H and O–H groups in total. The summed E-state index contributed by atoms with van der Waals surface area (Å²) in [6.45, 7) is 1.39. The van der Waals surface area contributed by atoms with Crippen molar-refractivity contribution in [1.29, 1.82) is 0 Å². The zero-order chi connectivity index (χ0) is 16.2. The Kier molecular flexibility index (Phi) is 4.89. The molecule has 0 aliphatic carbocycles. The van der Waals surface area contributed by atoms with Crippen LogP contribution in [0, 0.1) is 10.1 Å². The number of nitrogens with one attached hydrogen (secondary N) is 1. The van der Waals surface area contributed by atoms with Gasteiger partial charge in [-0.2, -0.15) is 0 Å².